The highest BCUT2D eigenvalue weighted by atomic mass is 16.1. The summed E-state index contributed by atoms with van der Waals surface area (Å²) in [4.78, 5) is 11.0. The molecule has 0 bridgehead atoms. The molecule has 1 amide bonds. The first-order valence-corrected chi connectivity index (χ1v) is 5.74. The third-order valence-electron chi connectivity index (χ3n) is 2.91. The molecule has 1 rings (SSSR count). The van der Waals surface area contributed by atoms with E-state index in [0.717, 1.165) is 18.4 Å². The number of carbonyl (C=O) groups is 1. The second-order valence-corrected chi connectivity index (χ2v) is 3.97. The van der Waals surface area contributed by atoms with E-state index in [1.807, 2.05) is 12.1 Å². The number of carbonyl (C=O) groups excluding carboxylic acids is 1. The van der Waals surface area contributed by atoms with Crippen molar-refractivity contribution in [2.75, 3.05) is 0 Å². The molecule has 1 aromatic rings. The monoisotopic (exact) mass is 220 g/mol. The summed E-state index contributed by atoms with van der Waals surface area (Å²) in [7, 11) is 0. The molecule has 0 saturated carbocycles. The zero-order valence-corrected chi connectivity index (χ0v) is 9.99. The van der Waals surface area contributed by atoms with E-state index in [9.17, 15) is 4.79 Å². The topological polar surface area (TPSA) is 69.1 Å². The average Bonchev–Trinajstić information content (AvgIpc) is 2.28. The quantitative estimate of drug-likeness (QED) is 0.782. The smallest absolute Gasteiger partial charge is 0.234 e. The second-order valence-electron chi connectivity index (χ2n) is 3.97. The fraction of sp³-hybridized carbons (Fsp3) is 0.462. The zero-order valence-electron chi connectivity index (χ0n) is 9.99. The van der Waals surface area contributed by atoms with Gasteiger partial charge in [0, 0.05) is 0 Å². The number of hydrogen-bond donors (Lipinski definition) is 2. The molecule has 0 fully saturated rings. The maximum atomic E-state index is 11.0. The van der Waals surface area contributed by atoms with Gasteiger partial charge in [-0.3, -0.25) is 4.79 Å². The van der Waals surface area contributed by atoms with Crippen LogP contribution >= 0.6 is 0 Å². The minimum atomic E-state index is -0.586. The maximum absolute atomic E-state index is 11.0. The molecule has 3 heteroatoms. The van der Waals surface area contributed by atoms with Crippen LogP contribution in [0.1, 0.15) is 30.5 Å². The van der Waals surface area contributed by atoms with Crippen LogP contribution in [0.2, 0.25) is 0 Å². The highest BCUT2D eigenvalue weighted by molar-refractivity contribution is 5.79. The van der Waals surface area contributed by atoms with Gasteiger partial charge >= 0.3 is 0 Å². The molecule has 1 atom stereocenters. The Kier molecular flexibility index (Phi) is 4.50. The lowest BCUT2D eigenvalue weighted by Crippen LogP contribution is -2.38. The Balaban J connectivity index is 2.99. The van der Waals surface area contributed by atoms with E-state index in [1.165, 1.54) is 11.1 Å². The van der Waals surface area contributed by atoms with Crippen LogP contribution in [0, 0.1) is 0 Å². The van der Waals surface area contributed by atoms with Crippen molar-refractivity contribution in [2.24, 2.45) is 11.5 Å². The normalized spacial score (nSPS) is 12.4. The van der Waals surface area contributed by atoms with Crippen LogP contribution in [0.4, 0.5) is 0 Å². The van der Waals surface area contributed by atoms with Gasteiger partial charge in [0.15, 0.2) is 0 Å². The van der Waals surface area contributed by atoms with Crippen molar-refractivity contribution in [3.05, 3.63) is 34.9 Å². The first-order chi connectivity index (χ1) is 7.60. The van der Waals surface area contributed by atoms with Gasteiger partial charge in [-0.05, 0) is 36.0 Å². The molecule has 0 radical (unpaired) electrons. The number of primary amides is 1. The Morgan fingerprint density at radius 1 is 1.25 bits per heavy atom. The number of amides is 1. The van der Waals surface area contributed by atoms with Crippen molar-refractivity contribution < 1.29 is 4.79 Å². The Morgan fingerprint density at radius 3 is 2.38 bits per heavy atom. The molecular weight excluding hydrogens is 200 g/mol. The molecule has 0 saturated heterocycles. The minimum absolute atomic E-state index is 0.441. The molecule has 16 heavy (non-hydrogen) atoms. The van der Waals surface area contributed by atoms with E-state index in [1.54, 1.807) is 0 Å². The van der Waals surface area contributed by atoms with Gasteiger partial charge in [0.25, 0.3) is 0 Å². The molecule has 0 aliphatic heterocycles. The predicted molar refractivity (Wildman–Crippen MR) is 66.1 cm³/mol. The maximum Gasteiger partial charge on any atom is 0.234 e. The van der Waals surface area contributed by atoms with E-state index in [-0.39, 0.29) is 0 Å². The first kappa shape index (κ1) is 12.7. The van der Waals surface area contributed by atoms with Crippen LogP contribution in [0.15, 0.2) is 18.2 Å². The van der Waals surface area contributed by atoms with Crippen molar-refractivity contribution in [2.45, 2.75) is 39.2 Å². The molecule has 0 aliphatic carbocycles. The van der Waals surface area contributed by atoms with Crippen molar-refractivity contribution >= 4 is 5.91 Å². The van der Waals surface area contributed by atoms with Gasteiger partial charge in [-0.15, -0.1) is 0 Å². The van der Waals surface area contributed by atoms with Crippen LogP contribution in [0.5, 0.6) is 0 Å². The molecule has 1 aromatic carbocycles. The number of hydrogen-bond acceptors (Lipinski definition) is 2. The minimum Gasteiger partial charge on any atom is -0.368 e. The lowest BCUT2D eigenvalue weighted by Gasteiger charge is -2.14. The lowest BCUT2D eigenvalue weighted by molar-refractivity contribution is -0.119. The van der Waals surface area contributed by atoms with Gasteiger partial charge in [0.2, 0.25) is 5.91 Å². The number of nitrogens with two attached hydrogens (primary N) is 2. The molecule has 0 heterocycles. The van der Waals surface area contributed by atoms with Crippen LogP contribution in [-0.2, 0) is 24.1 Å². The molecule has 0 aromatic heterocycles. The van der Waals surface area contributed by atoms with Crippen LogP contribution in [0.25, 0.3) is 0 Å². The summed E-state index contributed by atoms with van der Waals surface area (Å²) in [5.74, 6) is -0.441. The predicted octanol–water partition coefficient (Wildman–Crippen LogP) is 1.17. The summed E-state index contributed by atoms with van der Waals surface area (Å²) in [5, 5.41) is 0. The standard InChI is InChI=1S/C13H20N2O/c1-3-9-6-5-7-10(11(9)4-2)8-12(14)13(15)16/h5-7,12H,3-4,8,14H2,1-2H3,(H2,15,16). The van der Waals surface area contributed by atoms with Gasteiger partial charge in [0.1, 0.15) is 0 Å². The molecule has 88 valence electrons. The summed E-state index contributed by atoms with van der Waals surface area (Å²) in [6.45, 7) is 4.25. The fourth-order valence-corrected chi connectivity index (χ4v) is 2.00. The van der Waals surface area contributed by atoms with E-state index in [2.05, 4.69) is 19.9 Å². The summed E-state index contributed by atoms with van der Waals surface area (Å²) in [6.07, 6.45) is 2.50. The highest BCUT2D eigenvalue weighted by Crippen LogP contribution is 2.17. The Hall–Kier alpha value is -1.35. The van der Waals surface area contributed by atoms with Crippen molar-refractivity contribution in [1.82, 2.24) is 0 Å². The largest absolute Gasteiger partial charge is 0.368 e. The van der Waals surface area contributed by atoms with Gasteiger partial charge in [-0.25, -0.2) is 0 Å². The fourth-order valence-electron chi connectivity index (χ4n) is 2.00. The van der Waals surface area contributed by atoms with E-state index in [4.69, 9.17) is 11.5 Å². The zero-order chi connectivity index (χ0) is 12.1. The van der Waals surface area contributed by atoms with Crippen LogP contribution in [0.3, 0.4) is 0 Å². The summed E-state index contributed by atoms with van der Waals surface area (Å²) >= 11 is 0. The van der Waals surface area contributed by atoms with E-state index >= 15 is 0 Å². The van der Waals surface area contributed by atoms with Crippen molar-refractivity contribution in [1.29, 1.82) is 0 Å². The number of rotatable bonds is 5. The number of aryl methyl sites for hydroxylation is 1. The van der Waals surface area contributed by atoms with Gasteiger partial charge in [0.05, 0.1) is 6.04 Å². The Labute approximate surface area is 96.8 Å². The molecule has 1 unspecified atom stereocenters. The Morgan fingerprint density at radius 2 is 1.88 bits per heavy atom. The number of benzene rings is 1. The van der Waals surface area contributed by atoms with E-state index in [0.29, 0.717) is 6.42 Å². The van der Waals surface area contributed by atoms with Gasteiger partial charge < -0.3 is 11.5 Å². The molecule has 0 spiro atoms. The third-order valence-corrected chi connectivity index (χ3v) is 2.91. The molecular formula is C13H20N2O. The summed E-state index contributed by atoms with van der Waals surface area (Å²) in [6, 6.07) is 5.58. The van der Waals surface area contributed by atoms with Crippen LogP contribution in [-0.4, -0.2) is 11.9 Å². The third kappa shape index (κ3) is 2.83. The van der Waals surface area contributed by atoms with Crippen molar-refractivity contribution in [3.63, 3.8) is 0 Å². The van der Waals surface area contributed by atoms with Gasteiger partial charge in [-0.2, -0.15) is 0 Å². The molecule has 4 N–H and O–H groups in total. The van der Waals surface area contributed by atoms with E-state index < -0.39 is 11.9 Å². The average molecular weight is 220 g/mol. The first-order valence-electron chi connectivity index (χ1n) is 5.74. The lowest BCUT2D eigenvalue weighted by atomic mass is 9.93. The summed E-state index contributed by atoms with van der Waals surface area (Å²) < 4.78 is 0. The second kappa shape index (κ2) is 5.66. The SMILES string of the molecule is CCc1cccc(CC(N)C(N)=O)c1CC. The van der Waals surface area contributed by atoms with Gasteiger partial charge in [-0.1, -0.05) is 32.0 Å². The van der Waals surface area contributed by atoms with Crippen LogP contribution < -0.4 is 11.5 Å². The molecule has 0 aliphatic rings. The Bertz CT molecular complexity index is 374. The summed E-state index contributed by atoms with van der Waals surface area (Å²) in [5.41, 5.74) is 14.7. The molecule has 3 nitrogen and oxygen atoms in total. The highest BCUT2D eigenvalue weighted by Gasteiger charge is 2.13. The van der Waals surface area contributed by atoms with Crippen molar-refractivity contribution in [3.8, 4) is 0 Å².